The fourth-order valence-corrected chi connectivity index (χ4v) is 23.3. The highest BCUT2D eigenvalue weighted by Crippen LogP contribution is 2.46. The van der Waals surface area contributed by atoms with Gasteiger partial charge < -0.3 is 46.5 Å². The van der Waals surface area contributed by atoms with Crippen molar-refractivity contribution in [2.24, 2.45) is 29.1 Å². The van der Waals surface area contributed by atoms with Crippen LogP contribution in [0.2, 0.25) is 5.02 Å². The van der Waals surface area contributed by atoms with E-state index in [1.807, 2.05) is 64.8 Å². The second-order valence-corrected chi connectivity index (χ2v) is 46.2. The molecule has 40 heteroatoms. The molecule has 2 unspecified atom stereocenters. The third kappa shape index (κ3) is 23.6. The average molecular weight is 1990 g/mol. The number of nitrogens with two attached hydrogens (primary N) is 3. The smallest absolute Gasteiger partial charge is 0.281 e. The molecule has 0 spiro atoms. The molecule has 11 N–H and O–H groups in total. The minimum absolute atomic E-state index is 0.00955. The van der Waals surface area contributed by atoms with E-state index in [0.717, 1.165) is 49.3 Å². The van der Waals surface area contributed by atoms with Crippen LogP contribution in [-0.4, -0.2) is 158 Å². The first-order chi connectivity index (χ1) is 65.2. The molecule has 11 aromatic rings. The Hall–Kier alpha value is -13.4. The zero-order valence-corrected chi connectivity index (χ0v) is 83.8. The number of nitrogens with one attached hydrogen (secondary N) is 5. The van der Waals surface area contributed by atoms with Gasteiger partial charge in [-0.1, -0.05) is 95.6 Å². The van der Waals surface area contributed by atoms with E-state index in [1.54, 1.807) is 74.0 Å². The van der Waals surface area contributed by atoms with E-state index < -0.39 is 80.0 Å². The van der Waals surface area contributed by atoms with Gasteiger partial charge in [-0.2, -0.15) is 8.42 Å². The molecule has 5 aliphatic rings. The summed E-state index contributed by atoms with van der Waals surface area (Å²) in [6.07, 6.45) is 11.3. The first-order valence-electron chi connectivity index (χ1n) is 45.1. The Balaban J connectivity index is 0.000000156. The highest BCUT2D eigenvalue weighted by Gasteiger charge is 2.46. The Kier molecular flexibility index (Phi) is 30.1. The standard InChI is InChI=1S/C26H35N5O4S.C25H29N5O4S.C24H25ClN4O4S.C24H26FN5O3S/c1-16-13-26(4,5)31(15-16)23-17(24(33)30-36(34,35)21-7-6-12-28-22(21)27)8-9-19(29-23)18-14-25(2,3)11-10-20(18)32;1-16-13-25(2,3)30(15-16)23-20(12-18(14-27-23)17-8-10-19(34-4)11-9-17)24(31)29-35(32,33)22-7-5-6-21(26)28-22;1-15-13-24(2,3)29(14-15)21-18(9-10-19(27-21)16-6-4-7-17(25)12-16)22(30)28-34(32,33)20-8-5-11-26-23(20)31;1-15-13-24(2,3)30(14-15)22-17(10-11-19(28-22)16-7-4-5-8-18(16)25)23(31)29-34(32,33)20-9-6-12-27-21(20)26/h6-9,12,16,18H,10-11,13-15H2,1-5H3,(H2,27,28)(H,30,33);5-12,14,16H,13,15H2,1-4H3,(H2,26,28)(H,29,31);4-12,15H,13-14H2,1-3H3,(H,26,31)(H,28,30);4-12,15H,13-14H2,1-3H3,(H2,26,27)(H,29,31)/t16-,18?;;2*15-/m0.00/s1. The number of anilines is 7. The number of ketones is 1. The first kappa shape index (κ1) is 103. The molecular weight excluding hydrogens is 1880 g/mol. The van der Waals surface area contributed by atoms with Crippen molar-refractivity contribution in [1.29, 1.82) is 0 Å². The predicted molar refractivity (Wildman–Crippen MR) is 533 cm³/mol. The Bertz CT molecular complexity index is 7120. The van der Waals surface area contributed by atoms with Crippen LogP contribution < -0.4 is 66.0 Å². The van der Waals surface area contributed by atoms with Gasteiger partial charge in [0.2, 0.25) is 0 Å². The maximum atomic E-state index is 14.5. The number of amides is 4. The molecule has 4 saturated heterocycles. The van der Waals surface area contributed by atoms with Crippen molar-refractivity contribution in [3.63, 3.8) is 0 Å². The predicted octanol–water partition coefficient (Wildman–Crippen LogP) is 14.6. The molecule has 4 amide bonds. The number of nitrogens with zero attached hydrogens (tertiary/aromatic N) is 11. The van der Waals surface area contributed by atoms with Gasteiger partial charge in [-0.15, -0.1) is 0 Å². The number of halogens is 2. The molecule has 5 fully saturated rings. The van der Waals surface area contributed by atoms with Crippen LogP contribution in [0.1, 0.15) is 195 Å². The summed E-state index contributed by atoms with van der Waals surface area (Å²) in [5, 5.41) is 0.221. The van der Waals surface area contributed by atoms with Crippen LogP contribution in [0, 0.1) is 34.9 Å². The van der Waals surface area contributed by atoms with Crippen LogP contribution in [0.4, 0.5) is 45.1 Å². The van der Waals surface area contributed by atoms with Crippen LogP contribution in [0.15, 0.2) is 219 Å². The number of H-pyrrole nitrogens is 1. The van der Waals surface area contributed by atoms with E-state index in [4.69, 9.17) is 43.5 Å². The largest absolute Gasteiger partial charge is 0.497 e. The number of sulfonamides is 4. The average Bonchev–Trinajstić information content (AvgIpc) is 1.74. The molecule has 8 aromatic heterocycles. The zero-order valence-electron chi connectivity index (χ0n) is 79.8. The van der Waals surface area contributed by atoms with E-state index in [2.05, 4.69) is 137 Å². The van der Waals surface area contributed by atoms with Gasteiger partial charge in [0.1, 0.15) is 67.9 Å². The van der Waals surface area contributed by atoms with E-state index in [1.165, 1.54) is 85.3 Å². The summed E-state index contributed by atoms with van der Waals surface area (Å²) in [5.74, 6) is -0.717. The molecule has 1 saturated carbocycles. The number of aromatic amines is 1. The highest BCUT2D eigenvalue weighted by molar-refractivity contribution is 7.91. The van der Waals surface area contributed by atoms with Crippen molar-refractivity contribution < 1.29 is 66.8 Å². The molecule has 0 radical (unpaired) electrons. The Morgan fingerprint density at radius 3 is 1.38 bits per heavy atom. The van der Waals surface area contributed by atoms with Crippen molar-refractivity contribution >= 4 is 122 Å². The number of hydrogen-bond donors (Lipinski definition) is 8. The van der Waals surface area contributed by atoms with Crippen molar-refractivity contribution in [2.75, 3.05) is 70.1 Å². The highest BCUT2D eigenvalue weighted by atomic mass is 35.5. The van der Waals surface area contributed by atoms with Gasteiger partial charge in [0, 0.05) is 101 Å². The summed E-state index contributed by atoms with van der Waals surface area (Å²) in [6, 6.07) is 44.0. The lowest BCUT2D eigenvalue weighted by atomic mass is 9.70. The lowest BCUT2D eigenvalue weighted by molar-refractivity contribution is -0.124. The van der Waals surface area contributed by atoms with Crippen LogP contribution in [-0.2, 0) is 44.9 Å². The maximum absolute atomic E-state index is 14.5. The van der Waals surface area contributed by atoms with E-state index in [0.29, 0.717) is 119 Å². The van der Waals surface area contributed by atoms with Gasteiger partial charge in [-0.05, 0) is 256 Å². The number of aromatic nitrogens is 8. The number of hydrogen-bond acceptors (Lipinski definition) is 29. The van der Waals surface area contributed by atoms with E-state index in [9.17, 15) is 66.8 Å². The fourth-order valence-electron chi connectivity index (χ4n) is 19.0. The lowest BCUT2D eigenvalue weighted by Crippen LogP contribution is -2.41. The monoisotopic (exact) mass is 1990 g/mol. The maximum Gasteiger partial charge on any atom is 0.281 e. The first-order valence-corrected chi connectivity index (χ1v) is 51.4. The number of nitrogen functional groups attached to an aromatic ring is 3. The van der Waals surface area contributed by atoms with Crippen molar-refractivity contribution in [3.05, 3.63) is 244 Å². The zero-order chi connectivity index (χ0) is 101. The molecule has 139 heavy (non-hydrogen) atoms. The summed E-state index contributed by atoms with van der Waals surface area (Å²) in [5.41, 5.74) is 19.7. The van der Waals surface area contributed by atoms with Crippen LogP contribution in [0.25, 0.3) is 33.6 Å². The van der Waals surface area contributed by atoms with Gasteiger partial charge in [0.15, 0.2) is 9.92 Å². The number of benzene rings is 3. The Morgan fingerprint density at radius 1 is 0.453 bits per heavy atom. The molecule has 3 aromatic carbocycles. The topological polar surface area (TPSA) is 493 Å². The molecule has 5 atom stereocenters. The van der Waals surface area contributed by atoms with Crippen molar-refractivity contribution in [3.8, 4) is 39.4 Å². The second kappa shape index (κ2) is 40.6. The van der Waals surface area contributed by atoms with Gasteiger partial charge in [0.25, 0.3) is 69.3 Å². The Morgan fingerprint density at radius 2 is 0.906 bits per heavy atom. The molecule has 4 aliphatic heterocycles. The number of carbonyl (C=O) groups is 5. The lowest BCUT2D eigenvalue weighted by Gasteiger charge is -2.36. The Labute approximate surface area is 814 Å². The normalized spacial score (nSPS) is 19.0. The number of rotatable bonds is 21. The molecule has 34 nitrogen and oxygen atoms in total. The van der Waals surface area contributed by atoms with Gasteiger partial charge >= 0.3 is 0 Å². The number of ether oxygens (including phenoxy) is 1. The fraction of sp³-hybridized carbons (Fsp3) is 0.364. The number of carbonyl (C=O) groups excluding carboxylic acids is 5. The van der Waals surface area contributed by atoms with E-state index in [-0.39, 0.29) is 99.4 Å². The third-order valence-electron chi connectivity index (χ3n) is 25.2. The molecule has 0 bridgehead atoms. The van der Waals surface area contributed by atoms with Crippen LogP contribution >= 0.6 is 11.6 Å². The van der Waals surface area contributed by atoms with Crippen LogP contribution in [0.3, 0.4) is 0 Å². The number of pyridine rings is 8. The summed E-state index contributed by atoms with van der Waals surface area (Å²) < 4.78 is 131. The van der Waals surface area contributed by atoms with Gasteiger partial charge in [-0.25, -0.2) is 83.4 Å². The van der Waals surface area contributed by atoms with Gasteiger partial charge in [-0.3, -0.25) is 28.8 Å². The third-order valence-corrected chi connectivity index (χ3v) is 30.8. The van der Waals surface area contributed by atoms with Crippen molar-refractivity contribution in [2.45, 2.75) is 190 Å². The molecule has 12 heterocycles. The quantitative estimate of drug-likeness (QED) is 0.0331. The molecular formula is C99H115ClFN19O15S4. The molecule has 1 aliphatic carbocycles. The summed E-state index contributed by atoms with van der Waals surface area (Å²) in [7, 11) is -15.6. The minimum atomic E-state index is -4.39. The molecule has 16 rings (SSSR count). The summed E-state index contributed by atoms with van der Waals surface area (Å²) in [6.45, 7) is 31.9. The molecule has 734 valence electrons. The van der Waals surface area contributed by atoms with Crippen molar-refractivity contribution in [1.82, 2.24) is 58.8 Å². The summed E-state index contributed by atoms with van der Waals surface area (Å²) in [4.78, 5) is 118. The van der Waals surface area contributed by atoms with Crippen LogP contribution in [0.5, 0.6) is 5.75 Å². The second-order valence-electron chi connectivity index (χ2n) is 39.1. The van der Waals surface area contributed by atoms with Gasteiger partial charge in [0.05, 0.1) is 52.4 Å². The SMILES string of the molecule is COc1ccc(-c2cnc(N3CC(C)CC3(C)C)c(C(=O)NS(=O)(=O)c3cccc(N)n3)c2)cc1.C[C@@H]1CN(c2nc(-c3cccc(Cl)c3)ccc2C(=O)NS(=O)(=O)c2ccc[nH]c2=O)C(C)(C)C1.C[C@@H]1CN(c2nc(-c3ccccc3F)ccc2C(=O)NS(=O)(=O)c2cccnc2N)C(C)(C)C1.C[C@@H]1CN(c2nc(C3CC(C)(C)CCC3=O)ccc2C(=O)NS(=O)(=O)c2cccnc2N)C(C)(C)C1. The number of methoxy groups -OCH3 is 1. The number of Topliss-reactive ketones (excluding diaryl/α,β-unsaturated/α-hetero) is 1. The minimum Gasteiger partial charge on any atom is -0.497 e. The van der Waals surface area contributed by atoms with E-state index >= 15 is 0 Å². The summed E-state index contributed by atoms with van der Waals surface area (Å²) >= 11 is 6.15.